The SMILES string of the molecule is CC1(c2ncc(-c3ccc(C4(O)CCC4)c(N)c3)cc2N)CCC1. The first-order valence-electron chi connectivity index (χ1n) is 8.80. The second kappa shape index (κ2) is 5.21. The molecule has 2 saturated carbocycles. The molecular formula is C20H25N3O. The Labute approximate surface area is 142 Å². The van der Waals surface area contributed by atoms with E-state index in [0.29, 0.717) is 5.69 Å². The summed E-state index contributed by atoms with van der Waals surface area (Å²) >= 11 is 0. The van der Waals surface area contributed by atoms with Gasteiger partial charge in [0.25, 0.3) is 0 Å². The Morgan fingerprint density at radius 3 is 2.12 bits per heavy atom. The zero-order chi connectivity index (χ0) is 16.9. The van der Waals surface area contributed by atoms with Crippen LogP contribution in [-0.4, -0.2) is 10.1 Å². The maximum absolute atomic E-state index is 10.5. The van der Waals surface area contributed by atoms with Gasteiger partial charge in [0.1, 0.15) is 0 Å². The van der Waals surface area contributed by atoms with Crippen LogP contribution in [0.1, 0.15) is 56.7 Å². The van der Waals surface area contributed by atoms with Crippen LogP contribution in [0.3, 0.4) is 0 Å². The number of hydrogen-bond acceptors (Lipinski definition) is 4. The van der Waals surface area contributed by atoms with Gasteiger partial charge in [-0.15, -0.1) is 0 Å². The van der Waals surface area contributed by atoms with Crippen molar-refractivity contribution in [3.8, 4) is 11.1 Å². The summed E-state index contributed by atoms with van der Waals surface area (Å²) in [5, 5.41) is 10.5. The molecule has 4 nitrogen and oxygen atoms in total. The molecule has 1 aromatic heterocycles. The van der Waals surface area contributed by atoms with Crippen LogP contribution in [0, 0.1) is 0 Å². The van der Waals surface area contributed by atoms with E-state index in [1.165, 1.54) is 6.42 Å². The fraction of sp³-hybridized carbons (Fsp3) is 0.450. The Hall–Kier alpha value is -2.07. The molecule has 2 fully saturated rings. The van der Waals surface area contributed by atoms with Gasteiger partial charge in [0.2, 0.25) is 0 Å². The Morgan fingerprint density at radius 1 is 0.958 bits per heavy atom. The molecule has 2 aliphatic rings. The Bertz CT molecular complexity index is 724. The predicted molar refractivity (Wildman–Crippen MR) is 97.4 cm³/mol. The molecular weight excluding hydrogens is 298 g/mol. The van der Waals surface area contributed by atoms with E-state index in [2.05, 4.69) is 11.9 Å². The van der Waals surface area contributed by atoms with Gasteiger partial charge in [-0.05, 0) is 49.8 Å². The number of aliphatic hydroxyl groups is 1. The molecule has 0 radical (unpaired) electrons. The van der Waals surface area contributed by atoms with Crippen LogP contribution in [0.25, 0.3) is 11.1 Å². The van der Waals surface area contributed by atoms with Crippen LogP contribution in [-0.2, 0) is 11.0 Å². The highest BCUT2D eigenvalue weighted by Crippen LogP contribution is 2.46. The van der Waals surface area contributed by atoms with E-state index < -0.39 is 5.60 Å². The molecule has 0 spiro atoms. The molecule has 0 aliphatic heterocycles. The number of benzene rings is 1. The minimum absolute atomic E-state index is 0.138. The Morgan fingerprint density at radius 2 is 1.62 bits per heavy atom. The molecule has 24 heavy (non-hydrogen) atoms. The van der Waals surface area contributed by atoms with E-state index in [4.69, 9.17) is 11.5 Å². The van der Waals surface area contributed by atoms with Gasteiger partial charge in [-0.3, -0.25) is 4.98 Å². The normalized spacial score (nSPS) is 20.9. The summed E-state index contributed by atoms with van der Waals surface area (Å²) in [6, 6.07) is 7.87. The van der Waals surface area contributed by atoms with Gasteiger partial charge in [0.15, 0.2) is 0 Å². The zero-order valence-electron chi connectivity index (χ0n) is 14.2. The summed E-state index contributed by atoms with van der Waals surface area (Å²) in [4.78, 5) is 4.66. The highest BCUT2D eigenvalue weighted by atomic mass is 16.3. The van der Waals surface area contributed by atoms with Gasteiger partial charge in [-0.1, -0.05) is 25.5 Å². The first-order chi connectivity index (χ1) is 11.4. The third-order valence-corrected chi connectivity index (χ3v) is 6.01. The molecule has 0 atom stereocenters. The number of nitrogens with zero attached hydrogens (tertiary/aromatic N) is 1. The molecule has 1 aromatic carbocycles. The molecule has 5 N–H and O–H groups in total. The molecule has 1 heterocycles. The molecule has 2 aromatic rings. The minimum Gasteiger partial charge on any atom is -0.398 e. The highest BCUT2D eigenvalue weighted by Gasteiger charge is 2.38. The number of nitrogens with two attached hydrogens (primary N) is 2. The number of nitrogen functional groups attached to an aromatic ring is 2. The van der Waals surface area contributed by atoms with Crippen molar-refractivity contribution in [2.24, 2.45) is 0 Å². The van der Waals surface area contributed by atoms with Crippen LogP contribution < -0.4 is 11.5 Å². The van der Waals surface area contributed by atoms with E-state index in [1.54, 1.807) is 0 Å². The molecule has 126 valence electrons. The molecule has 0 bridgehead atoms. The van der Waals surface area contributed by atoms with Crippen LogP contribution in [0.5, 0.6) is 0 Å². The van der Waals surface area contributed by atoms with Crippen molar-refractivity contribution in [3.05, 3.63) is 41.7 Å². The zero-order valence-corrected chi connectivity index (χ0v) is 14.2. The second-order valence-corrected chi connectivity index (χ2v) is 7.76. The van der Waals surface area contributed by atoms with Gasteiger partial charge in [-0.2, -0.15) is 0 Å². The third kappa shape index (κ3) is 2.28. The maximum Gasteiger partial charge on any atom is 0.0916 e. The van der Waals surface area contributed by atoms with Crippen molar-refractivity contribution in [1.29, 1.82) is 0 Å². The lowest BCUT2D eigenvalue weighted by Crippen LogP contribution is -2.34. The summed E-state index contributed by atoms with van der Waals surface area (Å²) < 4.78 is 0. The Kier molecular flexibility index (Phi) is 3.36. The summed E-state index contributed by atoms with van der Waals surface area (Å²) in [5.41, 5.74) is 17.1. The van der Waals surface area contributed by atoms with Crippen molar-refractivity contribution in [1.82, 2.24) is 4.98 Å². The smallest absolute Gasteiger partial charge is 0.0916 e. The van der Waals surface area contributed by atoms with Gasteiger partial charge < -0.3 is 16.6 Å². The number of anilines is 2. The van der Waals surface area contributed by atoms with Gasteiger partial charge in [-0.25, -0.2) is 0 Å². The van der Waals surface area contributed by atoms with Crippen LogP contribution >= 0.6 is 0 Å². The average molecular weight is 323 g/mol. The largest absolute Gasteiger partial charge is 0.398 e. The van der Waals surface area contributed by atoms with E-state index in [0.717, 1.165) is 60.2 Å². The molecule has 4 heteroatoms. The van der Waals surface area contributed by atoms with Crippen LogP contribution in [0.2, 0.25) is 0 Å². The van der Waals surface area contributed by atoms with E-state index in [1.807, 2.05) is 30.5 Å². The fourth-order valence-electron chi connectivity index (χ4n) is 4.03. The van der Waals surface area contributed by atoms with Crippen LogP contribution in [0.15, 0.2) is 30.5 Å². The predicted octanol–water partition coefficient (Wildman–Crippen LogP) is 3.73. The lowest BCUT2D eigenvalue weighted by Gasteiger charge is -2.38. The van der Waals surface area contributed by atoms with Gasteiger partial charge in [0, 0.05) is 28.4 Å². The second-order valence-electron chi connectivity index (χ2n) is 7.76. The summed E-state index contributed by atoms with van der Waals surface area (Å²) in [6.45, 7) is 2.24. The first kappa shape index (κ1) is 15.5. The number of hydrogen-bond donors (Lipinski definition) is 3. The standard InChI is InChI=1S/C20H25N3O/c1-19(6-2-7-19)18-17(22)11-14(12-23-18)13-4-5-15(16(21)10-13)20(24)8-3-9-20/h4-5,10-12,24H,2-3,6-9,21-22H2,1H3. The van der Waals surface area contributed by atoms with Gasteiger partial charge in [0.05, 0.1) is 17.0 Å². The summed E-state index contributed by atoms with van der Waals surface area (Å²) in [5.74, 6) is 0. The number of aromatic nitrogens is 1. The molecule has 2 aliphatic carbocycles. The third-order valence-electron chi connectivity index (χ3n) is 6.01. The topological polar surface area (TPSA) is 85.2 Å². The van der Waals surface area contributed by atoms with Crippen molar-refractivity contribution in [2.45, 2.75) is 56.5 Å². The van der Waals surface area contributed by atoms with E-state index in [9.17, 15) is 5.11 Å². The van der Waals surface area contributed by atoms with E-state index in [-0.39, 0.29) is 5.41 Å². The molecule has 0 saturated heterocycles. The van der Waals surface area contributed by atoms with Crippen molar-refractivity contribution in [3.63, 3.8) is 0 Å². The summed E-state index contributed by atoms with van der Waals surface area (Å²) in [6.07, 6.45) is 8.09. The highest BCUT2D eigenvalue weighted by molar-refractivity contribution is 5.72. The first-order valence-corrected chi connectivity index (χ1v) is 8.80. The number of pyridine rings is 1. The van der Waals surface area contributed by atoms with E-state index >= 15 is 0 Å². The summed E-state index contributed by atoms with van der Waals surface area (Å²) in [7, 11) is 0. The minimum atomic E-state index is -0.734. The number of rotatable bonds is 3. The van der Waals surface area contributed by atoms with Gasteiger partial charge >= 0.3 is 0 Å². The van der Waals surface area contributed by atoms with Crippen LogP contribution in [0.4, 0.5) is 11.4 Å². The Balaban J connectivity index is 1.67. The molecule has 0 unspecified atom stereocenters. The molecule has 4 rings (SSSR count). The van der Waals surface area contributed by atoms with Crippen molar-refractivity contribution in [2.75, 3.05) is 11.5 Å². The lowest BCUT2D eigenvalue weighted by atomic mass is 9.67. The van der Waals surface area contributed by atoms with Crippen molar-refractivity contribution >= 4 is 11.4 Å². The van der Waals surface area contributed by atoms with Crippen molar-refractivity contribution < 1.29 is 5.11 Å². The maximum atomic E-state index is 10.5. The quantitative estimate of drug-likeness (QED) is 0.751. The molecule has 0 amide bonds. The monoisotopic (exact) mass is 323 g/mol. The average Bonchev–Trinajstić information content (AvgIpc) is 2.50. The fourth-order valence-corrected chi connectivity index (χ4v) is 4.03. The lowest BCUT2D eigenvalue weighted by molar-refractivity contribution is -0.0380.